The predicted octanol–water partition coefficient (Wildman–Crippen LogP) is 5.90. The average Bonchev–Trinajstić information content (AvgIpc) is 2.89. The van der Waals surface area contributed by atoms with E-state index in [4.69, 9.17) is 4.74 Å². The monoisotopic (exact) mass is 577 g/mol. The molecule has 0 aliphatic carbocycles. The lowest BCUT2D eigenvalue weighted by molar-refractivity contribution is 0.0955. The van der Waals surface area contributed by atoms with Crippen molar-refractivity contribution < 1.29 is 17.9 Å². The fourth-order valence-electron chi connectivity index (χ4n) is 3.33. The number of amides is 1. The van der Waals surface area contributed by atoms with Gasteiger partial charge in [0, 0.05) is 21.3 Å². The Balaban J connectivity index is 1.38. The van der Waals surface area contributed by atoms with E-state index in [9.17, 15) is 13.2 Å². The van der Waals surface area contributed by atoms with E-state index >= 15 is 0 Å². The quantitative estimate of drug-likeness (QED) is 0.191. The van der Waals surface area contributed by atoms with Crippen LogP contribution in [0, 0.1) is 6.92 Å². The van der Waals surface area contributed by atoms with E-state index < -0.39 is 15.9 Å². The minimum atomic E-state index is -3.73. The summed E-state index contributed by atoms with van der Waals surface area (Å²) in [4.78, 5) is 12.7. The van der Waals surface area contributed by atoms with Crippen molar-refractivity contribution in [3.63, 3.8) is 0 Å². The minimum absolute atomic E-state index is 0.161. The number of carbonyl (C=O) groups excluding carboxylic acids is 1. The number of benzene rings is 4. The van der Waals surface area contributed by atoms with Gasteiger partial charge < -0.3 is 4.74 Å². The summed E-state index contributed by atoms with van der Waals surface area (Å²) in [5.41, 5.74) is 5.84. The number of hydrogen-bond donors (Lipinski definition) is 2. The number of aryl methyl sites for hydroxylation is 1. The molecular weight excluding hydrogens is 554 g/mol. The summed E-state index contributed by atoms with van der Waals surface area (Å²) in [6.07, 6.45) is 1.51. The van der Waals surface area contributed by atoms with E-state index in [1.54, 1.807) is 24.3 Å². The Morgan fingerprint density at radius 3 is 2.35 bits per heavy atom. The fraction of sp³-hybridized carbons (Fsp3) is 0.0714. The van der Waals surface area contributed by atoms with Crippen LogP contribution < -0.4 is 14.9 Å². The van der Waals surface area contributed by atoms with Gasteiger partial charge in [0.1, 0.15) is 12.4 Å². The van der Waals surface area contributed by atoms with Gasteiger partial charge in [0.25, 0.3) is 15.9 Å². The molecule has 1 amide bonds. The van der Waals surface area contributed by atoms with Gasteiger partial charge in [-0.1, -0.05) is 64.0 Å². The molecule has 0 bridgehead atoms. The van der Waals surface area contributed by atoms with Gasteiger partial charge in [0.2, 0.25) is 0 Å². The SMILES string of the molecule is Cc1ccc(S(=O)(=O)Nc2ccc(C(=O)N/N=C\c3cc(Br)ccc3OCc3ccccc3)cc2)cc1. The van der Waals surface area contributed by atoms with Crippen LogP contribution in [-0.4, -0.2) is 20.5 Å². The van der Waals surface area contributed by atoms with Crippen molar-refractivity contribution in [2.45, 2.75) is 18.4 Å². The lowest BCUT2D eigenvalue weighted by Gasteiger charge is -2.10. The third kappa shape index (κ3) is 7.28. The van der Waals surface area contributed by atoms with Gasteiger partial charge in [-0.05, 0) is 67.1 Å². The first kappa shape index (κ1) is 26.1. The minimum Gasteiger partial charge on any atom is -0.488 e. The summed E-state index contributed by atoms with van der Waals surface area (Å²) in [6.45, 7) is 2.28. The summed E-state index contributed by atoms with van der Waals surface area (Å²) in [6, 6.07) is 28.0. The maximum Gasteiger partial charge on any atom is 0.271 e. The van der Waals surface area contributed by atoms with Crippen molar-refractivity contribution in [1.29, 1.82) is 0 Å². The molecule has 4 aromatic carbocycles. The standard InChI is InChI=1S/C28H24BrN3O4S/c1-20-7-14-26(15-8-20)37(34,35)32-25-12-9-22(10-13-25)28(33)31-30-18-23-17-24(29)11-16-27(23)36-19-21-5-3-2-4-6-21/h2-18,32H,19H2,1H3,(H,31,33)/b30-18-. The lowest BCUT2D eigenvalue weighted by Crippen LogP contribution is -2.18. The number of halogens is 1. The van der Waals surface area contributed by atoms with Crippen LogP contribution in [0.25, 0.3) is 0 Å². The summed E-state index contributed by atoms with van der Waals surface area (Å²) < 4.78 is 34.4. The molecule has 0 unspecified atom stereocenters. The Kier molecular flexibility index (Phi) is 8.37. The van der Waals surface area contributed by atoms with E-state index in [0.29, 0.717) is 29.2 Å². The topological polar surface area (TPSA) is 96.9 Å². The van der Waals surface area contributed by atoms with Crippen molar-refractivity contribution in [1.82, 2.24) is 5.43 Å². The zero-order valence-corrected chi connectivity index (χ0v) is 22.3. The predicted molar refractivity (Wildman–Crippen MR) is 148 cm³/mol. The van der Waals surface area contributed by atoms with Gasteiger partial charge in [-0.3, -0.25) is 9.52 Å². The second-order valence-electron chi connectivity index (χ2n) is 8.15. The number of ether oxygens (including phenoxy) is 1. The van der Waals surface area contributed by atoms with Crippen molar-refractivity contribution in [3.05, 3.63) is 124 Å². The Bertz CT molecular complexity index is 1510. The van der Waals surface area contributed by atoms with Crippen LogP contribution in [0.2, 0.25) is 0 Å². The van der Waals surface area contributed by atoms with Crippen LogP contribution in [0.15, 0.2) is 112 Å². The molecule has 4 aromatic rings. The molecular formula is C28H24BrN3O4S. The van der Waals surface area contributed by atoms with Crippen LogP contribution in [0.5, 0.6) is 5.75 Å². The van der Waals surface area contributed by atoms with Crippen molar-refractivity contribution in [2.24, 2.45) is 5.10 Å². The van der Waals surface area contributed by atoms with Crippen molar-refractivity contribution >= 4 is 43.8 Å². The molecule has 37 heavy (non-hydrogen) atoms. The van der Waals surface area contributed by atoms with E-state index in [1.807, 2.05) is 55.5 Å². The molecule has 0 radical (unpaired) electrons. The first-order valence-electron chi connectivity index (χ1n) is 11.3. The highest BCUT2D eigenvalue weighted by molar-refractivity contribution is 9.10. The number of rotatable bonds is 9. The Morgan fingerprint density at radius 1 is 0.946 bits per heavy atom. The third-order valence-electron chi connectivity index (χ3n) is 5.31. The zero-order valence-electron chi connectivity index (χ0n) is 19.9. The molecule has 9 heteroatoms. The van der Waals surface area contributed by atoms with E-state index in [2.05, 4.69) is 31.2 Å². The zero-order chi connectivity index (χ0) is 26.3. The number of nitrogens with one attached hydrogen (secondary N) is 2. The molecule has 0 aliphatic rings. The van der Waals surface area contributed by atoms with Crippen LogP contribution >= 0.6 is 15.9 Å². The van der Waals surface area contributed by atoms with E-state index in [0.717, 1.165) is 15.6 Å². The second-order valence-corrected chi connectivity index (χ2v) is 10.7. The van der Waals surface area contributed by atoms with Gasteiger partial charge in [0.15, 0.2) is 0 Å². The number of nitrogens with zero attached hydrogens (tertiary/aromatic N) is 1. The molecule has 0 aromatic heterocycles. The Labute approximate surface area is 224 Å². The Morgan fingerprint density at radius 2 is 1.65 bits per heavy atom. The molecule has 188 valence electrons. The number of anilines is 1. The van der Waals surface area contributed by atoms with Gasteiger partial charge in [-0.15, -0.1) is 0 Å². The number of hydrogen-bond acceptors (Lipinski definition) is 5. The molecule has 0 fully saturated rings. The smallest absolute Gasteiger partial charge is 0.271 e. The summed E-state index contributed by atoms with van der Waals surface area (Å²) >= 11 is 3.44. The molecule has 0 spiro atoms. The normalized spacial score (nSPS) is 11.3. The van der Waals surface area contributed by atoms with Gasteiger partial charge in [-0.2, -0.15) is 5.10 Å². The molecule has 4 rings (SSSR count). The van der Waals surface area contributed by atoms with E-state index in [-0.39, 0.29) is 4.90 Å². The first-order valence-corrected chi connectivity index (χ1v) is 13.6. The molecule has 0 atom stereocenters. The molecule has 0 aliphatic heterocycles. The average molecular weight is 578 g/mol. The first-order chi connectivity index (χ1) is 17.8. The summed E-state index contributed by atoms with van der Waals surface area (Å²) in [5, 5.41) is 4.07. The van der Waals surface area contributed by atoms with Crippen LogP contribution in [0.1, 0.15) is 27.0 Å². The fourth-order valence-corrected chi connectivity index (χ4v) is 4.77. The van der Waals surface area contributed by atoms with E-state index in [1.165, 1.54) is 30.5 Å². The lowest BCUT2D eigenvalue weighted by atomic mass is 10.2. The highest BCUT2D eigenvalue weighted by Gasteiger charge is 2.14. The number of hydrazone groups is 1. The largest absolute Gasteiger partial charge is 0.488 e. The molecule has 0 heterocycles. The maximum atomic E-state index is 12.6. The van der Waals surface area contributed by atoms with Crippen molar-refractivity contribution in [2.75, 3.05) is 4.72 Å². The third-order valence-corrected chi connectivity index (χ3v) is 7.20. The van der Waals surface area contributed by atoms with Crippen LogP contribution in [0.4, 0.5) is 5.69 Å². The number of carbonyl (C=O) groups is 1. The molecule has 0 saturated carbocycles. The molecule has 7 nitrogen and oxygen atoms in total. The maximum absolute atomic E-state index is 12.6. The number of sulfonamides is 1. The highest BCUT2D eigenvalue weighted by Crippen LogP contribution is 2.23. The molecule has 2 N–H and O–H groups in total. The van der Waals surface area contributed by atoms with Crippen molar-refractivity contribution in [3.8, 4) is 5.75 Å². The molecule has 0 saturated heterocycles. The second kappa shape index (κ2) is 11.9. The van der Waals surface area contributed by atoms with Crippen LogP contribution in [-0.2, 0) is 16.6 Å². The Hall–Kier alpha value is -3.95. The highest BCUT2D eigenvalue weighted by atomic mass is 79.9. The van der Waals surface area contributed by atoms with Gasteiger partial charge in [0.05, 0.1) is 11.1 Å². The summed E-state index contributed by atoms with van der Waals surface area (Å²) in [5.74, 6) is 0.182. The van der Waals surface area contributed by atoms with Crippen LogP contribution in [0.3, 0.4) is 0 Å². The van der Waals surface area contributed by atoms with Gasteiger partial charge >= 0.3 is 0 Å². The summed E-state index contributed by atoms with van der Waals surface area (Å²) in [7, 11) is -3.73. The van der Waals surface area contributed by atoms with Gasteiger partial charge in [-0.25, -0.2) is 13.8 Å².